The maximum absolute atomic E-state index is 11.0. The zero-order valence-corrected chi connectivity index (χ0v) is 10.4. The summed E-state index contributed by atoms with van der Waals surface area (Å²) in [5, 5.41) is 27.2. The van der Waals surface area contributed by atoms with Crippen molar-refractivity contribution in [2.75, 3.05) is 0 Å². The molecule has 5 heteroatoms. The number of phenols is 1. The normalized spacial score (nSPS) is 10.2. The quantitative estimate of drug-likeness (QED) is 0.794. The topological polar surface area (TPSA) is 94.8 Å². The number of aromatic carboxylic acids is 2. The zero-order valence-electron chi connectivity index (χ0n) is 10.4. The lowest BCUT2D eigenvalue weighted by molar-refractivity contribution is 0.0696. The van der Waals surface area contributed by atoms with Crippen LogP contribution in [0.1, 0.15) is 31.8 Å². The van der Waals surface area contributed by atoms with E-state index in [-0.39, 0.29) is 16.9 Å². The highest BCUT2D eigenvalue weighted by atomic mass is 16.4. The number of carboxylic acids is 2. The van der Waals surface area contributed by atoms with Crippen LogP contribution in [0, 0.1) is 0 Å². The Kier molecular flexibility index (Phi) is 3.70. The Hall–Kier alpha value is -2.82. The largest absolute Gasteiger partial charge is 0.508 e. The number of benzene rings is 2. The minimum absolute atomic E-state index is 0.0568. The van der Waals surface area contributed by atoms with Gasteiger partial charge in [0, 0.05) is 0 Å². The molecule has 0 aliphatic carbocycles. The maximum atomic E-state index is 11.0. The summed E-state index contributed by atoms with van der Waals surface area (Å²) in [6, 6.07) is 10.5. The molecule has 2 rings (SSSR count). The first-order chi connectivity index (χ1) is 9.45. The van der Waals surface area contributed by atoms with E-state index in [1.54, 1.807) is 12.1 Å². The molecule has 0 aromatic heterocycles. The molecule has 0 unspecified atom stereocenters. The third-order valence-electron chi connectivity index (χ3n) is 2.83. The monoisotopic (exact) mass is 272 g/mol. The summed E-state index contributed by atoms with van der Waals surface area (Å²) in [6.45, 7) is 0. The van der Waals surface area contributed by atoms with Crippen LogP contribution >= 0.6 is 0 Å². The first-order valence-electron chi connectivity index (χ1n) is 5.84. The standard InChI is InChI=1S/C15H12O5/c16-13-3-1-9(2-4-13)5-10-6-11(14(17)18)8-12(7-10)15(19)20/h1-4,6-8,16H,5H2,(H,17,18)(H,19,20). The molecule has 5 nitrogen and oxygen atoms in total. The van der Waals surface area contributed by atoms with E-state index in [0.29, 0.717) is 12.0 Å². The highest BCUT2D eigenvalue weighted by Gasteiger charge is 2.11. The van der Waals surface area contributed by atoms with Gasteiger partial charge in [-0.2, -0.15) is 0 Å². The van der Waals surface area contributed by atoms with Crippen LogP contribution in [0.4, 0.5) is 0 Å². The summed E-state index contributed by atoms with van der Waals surface area (Å²) in [7, 11) is 0. The molecule has 0 saturated carbocycles. The van der Waals surface area contributed by atoms with Gasteiger partial charge in [0.05, 0.1) is 11.1 Å². The fourth-order valence-electron chi connectivity index (χ4n) is 1.89. The molecule has 3 N–H and O–H groups in total. The third kappa shape index (κ3) is 3.14. The second kappa shape index (κ2) is 5.44. The lowest BCUT2D eigenvalue weighted by Crippen LogP contribution is -2.04. The number of carbonyl (C=O) groups is 2. The van der Waals surface area contributed by atoms with Gasteiger partial charge >= 0.3 is 11.9 Å². The first-order valence-corrected chi connectivity index (χ1v) is 5.84. The Balaban J connectivity index is 2.37. The van der Waals surface area contributed by atoms with Gasteiger partial charge in [0.15, 0.2) is 0 Å². The van der Waals surface area contributed by atoms with E-state index in [4.69, 9.17) is 10.2 Å². The number of rotatable bonds is 4. The van der Waals surface area contributed by atoms with E-state index in [0.717, 1.165) is 11.6 Å². The number of aromatic hydroxyl groups is 1. The molecule has 0 amide bonds. The lowest BCUT2D eigenvalue weighted by Gasteiger charge is -2.06. The summed E-state index contributed by atoms with van der Waals surface area (Å²) >= 11 is 0. The van der Waals surface area contributed by atoms with Gasteiger partial charge < -0.3 is 15.3 Å². The maximum Gasteiger partial charge on any atom is 0.335 e. The van der Waals surface area contributed by atoms with Crippen molar-refractivity contribution in [1.82, 2.24) is 0 Å². The fraction of sp³-hybridized carbons (Fsp3) is 0.0667. The van der Waals surface area contributed by atoms with Gasteiger partial charge in [0.1, 0.15) is 5.75 Å². The summed E-state index contributed by atoms with van der Waals surface area (Å²) in [6.07, 6.45) is 0.391. The van der Waals surface area contributed by atoms with Crippen LogP contribution in [-0.4, -0.2) is 27.3 Å². The summed E-state index contributed by atoms with van der Waals surface area (Å²) < 4.78 is 0. The molecule has 0 spiro atoms. The van der Waals surface area contributed by atoms with Crippen LogP contribution in [0.25, 0.3) is 0 Å². The molecule has 0 fully saturated rings. The van der Waals surface area contributed by atoms with Crippen LogP contribution in [-0.2, 0) is 6.42 Å². The molecular formula is C15H12O5. The minimum Gasteiger partial charge on any atom is -0.508 e. The van der Waals surface area contributed by atoms with Crippen LogP contribution in [0.3, 0.4) is 0 Å². The van der Waals surface area contributed by atoms with Crippen molar-refractivity contribution in [3.63, 3.8) is 0 Å². The average molecular weight is 272 g/mol. The highest BCUT2D eigenvalue weighted by molar-refractivity contribution is 5.94. The Labute approximate surface area is 114 Å². The van der Waals surface area contributed by atoms with Gasteiger partial charge in [-0.15, -0.1) is 0 Å². The summed E-state index contributed by atoms with van der Waals surface area (Å²) in [5.74, 6) is -2.20. The number of carboxylic acid groups (broad SMARTS) is 2. The molecular weight excluding hydrogens is 260 g/mol. The highest BCUT2D eigenvalue weighted by Crippen LogP contribution is 2.17. The van der Waals surface area contributed by atoms with E-state index in [9.17, 15) is 14.7 Å². The summed E-state index contributed by atoms with van der Waals surface area (Å²) in [4.78, 5) is 22.0. The molecule has 0 radical (unpaired) electrons. The van der Waals surface area contributed by atoms with Crippen molar-refractivity contribution in [2.24, 2.45) is 0 Å². The molecule has 0 aliphatic heterocycles. The van der Waals surface area contributed by atoms with E-state index in [2.05, 4.69) is 0 Å². The number of hydrogen-bond donors (Lipinski definition) is 3. The first kappa shape index (κ1) is 13.6. The molecule has 2 aromatic rings. The predicted octanol–water partition coefficient (Wildman–Crippen LogP) is 2.38. The number of phenolic OH excluding ortho intramolecular Hbond substituents is 1. The molecule has 0 saturated heterocycles. The molecule has 0 aliphatic rings. The lowest BCUT2D eigenvalue weighted by atomic mass is 9.99. The van der Waals surface area contributed by atoms with Crippen molar-refractivity contribution >= 4 is 11.9 Å². The van der Waals surface area contributed by atoms with Gasteiger partial charge in [-0.3, -0.25) is 0 Å². The Bertz CT molecular complexity index is 626. The molecule has 0 atom stereocenters. The average Bonchev–Trinajstić information content (AvgIpc) is 2.41. The SMILES string of the molecule is O=C(O)c1cc(Cc2ccc(O)cc2)cc(C(=O)O)c1. The minimum atomic E-state index is -1.17. The molecule has 0 heterocycles. The Morgan fingerprint density at radius 3 is 1.75 bits per heavy atom. The van der Waals surface area contributed by atoms with E-state index < -0.39 is 11.9 Å². The van der Waals surface area contributed by atoms with Crippen molar-refractivity contribution < 1.29 is 24.9 Å². The van der Waals surface area contributed by atoms with Crippen LogP contribution in [0.15, 0.2) is 42.5 Å². The van der Waals surface area contributed by atoms with E-state index in [1.165, 1.54) is 24.3 Å². The second-order valence-corrected chi connectivity index (χ2v) is 4.37. The van der Waals surface area contributed by atoms with Gasteiger partial charge in [-0.05, 0) is 47.9 Å². The summed E-state index contributed by atoms with van der Waals surface area (Å²) in [5.41, 5.74) is 1.33. The third-order valence-corrected chi connectivity index (χ3v) is 2.83. The molecule has 2 aromatic carbocycles. The smallest absolute Gasteiger partial charge is 0.335 e. The van der Waals surface area contributed by atoms with Crippen molar-refractivity contribution in [1.29, 1.82) is 0 Å². The molecule has 102 valence electrons. The van der Waals surface area contributed by atoms with Gasteiger partial charge in [-0.25, -0.2) is 9.59 Å². The second-order valence-electron chi connectivity index (χ2n) is 4.37. The van der Waals surface area contributed by atoms with E-state index >= 15 is 0 Å². The van der Waals surface area contributed by atoms with Crippen molar-refractivity contribution in [3.8, 4) is 5.75 Å². The van der Waals surface area contributed by atoms with Crippen molar-refractivity contribution in [3.05, 3.63) is 64.7 Å². The van der Waals surface area contributed by atoms with E-state index in [1.807, 2.05) is 0 Å². The Morgan fingerprint density at radius 1 is 0.800 bits per heavy atom. The Morgan fingerprint density at radius 2 is 1.30 bits per heavy atom. The van der Waals surface area contributed by atoms with Crippen LogP contribution in [0.5, 0.6) is 5.75 Å². The van der Waals surface area contributed by atoms with Crippen molar-refractivity contribution in [2.45, 2.75) is 6.42 Å². The fourth-order valence-corrected chi connectivity index (χ4v) is 1.89. The van der Waals surface area contributed by atoms with Crippen LogP contribution < -0.4 is 0 Å². The van der Waals surface area contributed by atoms with Gasteiger partial charge in [0.2, 0.25) is 0 Å². The van der Waals surface area contributed by atoms with Crippen LogP contribution in [0.2, 0.25) is 0 Å². The molecule has 20 heavy (non-hydrogen) atoms. The van der Waals surface area contributed by atoms with Gasteiger partial charge in [-0.1, -0.05) is 12.1 Å². The number of hydrogen-bond acceptors (Lipinski definition) is 3. The van der Waals surface area contributed by atoms with Gasteiger partial charge in [0.25, 0.3) is 0 Å². The molecule has 0 bridgehead atoms. The zero-order chi connectivity index (χ0) is 14.7. The predicted molar refractivity (Wildman–Crippen MR) is 71.3 cm³/mol.